The molecule has 0 spiro atoms. The Balaban J connectivity index is 1.97. The Kier molecular flexibility index (Phi) is 3.38. The van der Waals surface area contributed by atoms with Crippen molar-refractivity contribution in [2.75, 3.05) is 31.1 Å². The molecule has 24 heavy (non-hydrogen) atoms. The fourth-order valence-electron chi connectivity index (χ4n) is 3.02. The fourth-order valence-corrected chi connectivity index (χ4v) is 3.02. The zero-order chi connectivity index (χ0) is 16.9. The first kappa shape index (κ1) is 15.2. The van der Waals surface area contributed by atoms with Crippen molar-refractivity contribution in [3.63, 3.8) is 0 Å². The summed E-state index contributed by atoms with van der Waals surface area (Å²) in [7, 11) is 0. The molecule has 1 aliphatic heterocycles. The molecule has 0 aliphatic carbocycles. The molecule has 0 radical (unpaired) electrons. The zero-order valence-corrected chi connectivity index (χ0v) is 12.9. The van der Waals surface area contributed by atoms with Gasteiger partial charge in [0.1, 0.15) is 0 Å². The van der Waals surface area contributed by atoms with Gasteiger partial charge in [-0.2, -0.15) is 13.2 Å². The average molecular weight is 336 g/mol. The number of nitrogens with one attached hydrogen (secondary N) is 1. The quantitative estimate of drug-likeness (QED) is 0.740. The van der Waals surface area contributed by atoms with Crippen molar-refractivity contribution >= 4 is 27.8 Å². The van der Waals surface area contributed by atoms with Crippen LogP contribution in [0.1, 0.15) is 11.5 Å². The molecule has 126 valence electrons. The second-order valence-electron chi connectivity index (χ2n) is 5.81. The molecule has 3 heterocycles. The Bertz CT molecular complexity index is 913. The van der Waals surface area contributed by atoms with Gasteiger partial charge in [-0.25, -0.2) is 9.97 Å². The van der Waals surface area contributed by atoms with E-state index >= 15 is 0 Å². The molecule has 0 amide bonds. The van der Waals surface area contributed by atoms with Gasteiger partial charge in [-0.1, -0.05) is 0 Å². The predicted molar refractivity (Wildman–Crippen MR) is 84.1 cm³/mol. The average Bonchev–Trinajstić information content (AvgIpc) is 2.95. The lowest BCUT2D eigenvalue weighted by Crippen LogP contribution is -2.44. The number of rotatable bonds is 1. The third-order valence-corrected chi connectivity index (χ3v) is 4.16. The predicted octanol–water partition coefficient (Wildman–Crippen LogP) is 3.11. The molecular weight excluding hydrogens is 321 g/mol. The monoisotopic (exact) mass is 336 g/mol. The molecule has 0 saturated carbocycles. The minimum Gasteiger partial charge on any atom is -0.440 e. The van der Waals surface area contributed by atoms with Gasteiger partial charge < -0.3 is 14.6 Å². The summed E-state index contributed by atoms with van der Waals surface area (Å²) in [5.74, 6) is 1.07. The van der Waals surface area contributed by atoms with Crippen LogP contribution in [-0.2, 0) is 6.18 Å². The minimum absolute atomic E-state index is 0.333. The molecule has 5 nitrogen and oxygen atoms in total. The summed E-state index contributed by atoms with van der Waals surface area (Å²) in [6.45, 7) is 4.86. The molecule has 8 heteroatoms. The van der Waals surface area contributed by atoms with Gasteiger partial charge in [-0.05, 0) is 18.2 Å². The third kappa shape index (κ3) is 2.47. The first-order valence-corrected chi connectivity index (χ1v) is 7.67. The summed E-state index contributed by atoms with van der Waals surface area (Å²) in [4.78, 5) is 11.0. The summed E-state index contributed by atoms with van der Waals surface area (Å²) in [5, 5.41) is 3.59. The van der Waals surface area contributed by atoms with Gasteiger partial charge in [0.05, 0.1) is 11.1 Å². The van der Waals surface area contributed by atoms with Crippen LogP contribution in [0.5, 0.6) is 0 Å². The molecule has 1 aliphatic rings. The number of aryl methyl sites for hydroxylation is 1. The lowest BCUT2D eigenvalue weighted by atomic mass is 10.1. The number of halogens is 3. The summed E-state index contributed by atoms with van der Waals surface area (Å²) >= 11 is 0. The van der Waals surface area contributed by atoms with Crippen LogP contribution >= 0.6 is 0 Å². The van der Waals surface area contributed by atoms with Crippen LogP contribution in [0.3, 0.4) is 0 Å². The molecule has 2 aromatic heterocycles. The van der Waals surface area contributed by atoms with Gasteiger partial charge >= 0.3 is 6.18 Å². The number of fused-ring (bicyclic) bond motifs is 3. The van der Waals surface area contributed by atoms with Crippen molar-refractivity contribution in [3.05, 3.63) is 29.7 Å². The van der Waals surface area contributed by atoms with E-state index in [4.69, 9.17) is 4.42 Å². The highest BCUT2D eigenvalue weighted by Crippen LogP contribution is 2.36. The van der Waals surface area contributed by atoms with Crippen molar-refractivity contribution in [3.8, 4) is 0 Å². The molecule has 0 atom stereocenters. The number of pyridine rings is 1. The second-order valence-corrected chi connectivity index (χ2v) is 5.81. The smallest absolute Gasteiger partial charge is 0.416 e. The van der Waals surface area contributed by atoms with E-state index in [0.717, 1.165) is 38.3 Å². The van der Waals surface area contributed by atoms with E-state index in [1.54, 1.807) is 6.92 Å². The highest BCUT2D eigenvalue weighted by molar-refractivity contribution is 6.05. The number of oxazole rings is 1. The van der Waals surface area contributed by atoms with E-state index in [0.29, 0.717) is 33.7 Å². The fraction of sp³-hybridized carbons (Fsp3) is 0.375. The third-order valence-electron chi connectivity index (χ3n) is 4.16. The number of benzene rings is 1. The van der Waals surface area contributed by atoms with Crippen LogP contribution in [0.4, 0.5) is 19.0 Å². The lowest BCUT2D eigenvalue weighted by Gasteiger charge is -2.28. The number of aromatic nitrogens is 2. The number of hydrogen-bond acceptors (Lipinski definition) is 5. The summed E-state index contributed by atoms with van der Waals surface area (Å²) < 4.78 is 44.6. The number of hydrogen-bond donors (Lipinski definition) is 1. The lowest BCUT2D eigenvalue weighted by molar-refractivity contribution is -0.137. The summed E-state index contributed by atoms with van der Waals surface area (Å²) in [6, 6.07) is 3.52. The molecular formula is C16H15F3N4O. The molecule has 3 aromatic rings. The largest absolute Gasteiger partial charge is 0.440 e. The number of alkyl halides is 3. The van der Waals surface area contributed by atoms with Crippen LogP contribution in [0.25, 0.3) is 22.0 Å². The van der Waals surface area contributed by atoms with Gasteiger partial charge in [0.15, 0.2) is 22.8 Å². The highest BCUT2D eigenvalue weighted by atomic mass is 19.4. The second kappa shape index (κ2) is 5.34. The van der Waals surface area contributed by atoms with E-state index in [1.165, 1.54) is 6.07 Å². The van der Waals surface area contributed by atoms with Crippen molar-refractivity contribution in [1.82, 2.24) is 15.3 Å². The van der Waals surface area contributed by atoms with Gasteiger partial charge in [0, 0.05) is 38.5 Å². The molecule has 1 N–H and O–H groups in total. The summed E-state index contributed by atoms with van der Waals surface area (Å²) in [6.07, 6.45) is -4.41. The SMILES string of the molecule is Cc1nc2c(N3CCNCC3)nc3ccc(C(F)(F)F)cc3c2o1. The summed E-state index contributed by atoms with van der Waals surface area (Å²) in [5.41, 5.74) is 0.626. The molecule has 1 saturated heterocycles. The van der Waals surface area contributed by atoms with Gasteiger partial charge in [-0.15, -0.1) is 0 Å². The topological polar surface area (TPSA) is 54.2 Å². The van der Waals surface area contributed by atoms with Crippen LogP contribution in [0.15, 0.2) is 22.6 Å². The van der Waals surface area contributed by atoms with Crippen LogP contribution < -0.4 is 10.2 Å². The van der Waals surface area contributed by atoms with Crippen LogP contribution in [0, 0.1) is 6.92 Å². The normalized spacial score (nSPS) is 16.2. The van der Waals surface area contributed by atoms with E-state index in [1.807, 2.05) is 0 Å². The molecule has 1 aromatic carbocycles. The van der Waals surface area contributed by atoms with Gasteiger partial charge in [-0.3, -0.25) is 0 Å². The van der Waals surface area contributed by atoms with Crippen LogP contribution in [-0.4, -0.2) is 36.1 Å². The van der Waals surface area contributed by atoms with E-state index in [-0.39, 0.29) is 0 Å². The van der Waals surface area contributed by atoms with E-state index in [2.05, 4.69) is 20.2 Å². The molecule has 0 bridgehead atoms. The molecule has 4 rings (SSSR count). The van der Waals surface area contributed by atoms with Crippen molar-refractivity contribution in [1.29, 1.82) is 0 Å². The van der Waals surface area contributed by atoms with Crippen molar-refractivity contribution in [2.45, 2.75) is 13.1 Å². The number of nitrogens with zero attached hydrogens (tertiary/aromatic N) is 3. The minimum atomic E-state index is -4.41. The molecule has 0 unspecified atom stereocenters. The first-order valence-electron chi connectivity index (χ1n) is 7.67. The Labute approximate surface area is 135 Å². The van der Waals surface area contributed by atoms with Gasteiger partial charge in [0.25, 0.3) is 0 Å². The maximum absolute atomic E-state index is 13.0. The van der Waals surface area contributed by atoms with E-state index < -0.39 is 11.7 Å². The number of anilines is 1. The highest BCUT2D eigenvalue weighted by Gasteiger charge is 2.31. The maximum Gasteiger partial charge on any atom is 0.416 e. The maximum atomic E-state index is 13.0. The van der Waals surface area contributed by atoms with Gasteiger partial charge in [0.2, 0.25) is 0 Å². The van der Waals surface area contributed by atoms with Crippen molar-refractivity contribution < 1.29 is 17.6 Å². The molecule has 1 fully saturated rings. The Hall–Kier alpha value is -2.35. The standard InChI is InChI=1S/C16H15F3N4O/c1-9-21-13-14(24-9)11-8-10(16(17,18)19)2-3-12(11)22-15(13)23-6-4-20-5-7-23/h2-3,8,20H,4-7H2,1H3. The Morgan fingerprint density at radius 2 is 1.92 bits per heavy atom. The zero-order valence-electron chi connectivity index (χ0n) is 12.9. The van der Waals surface area contributed by atoms with E-state index in [9.17, 15) is 13.2 Å². The van der Waals surface area contributed by atoms with Crippen LogP contribution in [0.2, 0.25) is 0 Å². The Morgan fingerprint density at radius 1 is 1.17 bits per heavy atom. The first-order chi connectivity index (χ1) is 11.4. The number of piperazine rings is 1. The Morgan fingerprint density at radius 3 is 2.62 bits per heavy atom. The van der Waals surface area contributed by atoms with Crippen molar-refractivity contribution in [2.24, 2.45) is 0 Å².